The van der Waals surface area contributed by atoms with E-state index < -0.39 is 15.9 Å². The number of nitrogens with one attached hydrogen (secondary N) is 4. The van der Waals surface area contributed by atoms with Gasteiger partial charge in [0.25, 0.3) is 0 Å². The minimum Gasteiger partial charge on any atom is -1.00 e. The molecule has 4 rings (SSSR count). The Balaban J connectivity index is 0.00000324. The van der Waals surface area contributed by atoms with Crippen LogP contribution in [0.15, 0.2) is 71.8 Å². The summed E-state index contributed by atoms with van der Waals surface area (Å²) >= 11 is 12.2. The molecule has 1 atom stereocenters. The second-order valence-corrected chi connectivity index (χ2v) is 10.4. The van der Waals surface area contributed by atoms with Gasteiger partial charge in [-0.3, -0.25) is 0 Å². The number of fused-ring (bicyclic) bond motifs is 1. The molecule has 0 unspecified atom stereocenters. The molecule has 11 heteroatoms. The van der Waals surface area contributed by atoms with E-state index in [1.165, 1.54) is 12.1 Å². The third-order valence-electron chi connectivity index (χ3n) is 5.17. The zero-order chi connectivity index (χ0) is 23.6. The Morgan fingerprint density at radius 1 is 1.09 bits per heavy atom. The molecule has 4 aromatic rings. The van der Waals surface area contributed by atoms with Gasteiger partial charge >= 0.3 is 6.03 Å². The molecule has 0 aliphatic heterocycles. The van der Waals surface area contributed by atoms with Crippen LogP contribution in [0.4, 0.5) is 10.5 Å². The first-order valence-electron chi connectivity index (χ1n) is 10.0. The van der Waals surface area contributed by atoms with E-state index in [0.29, 0.717) is 26.9 Å². The number of sulfone groups is 1. The standard InChI is InChI=1S/C23H20Cl2N4O3S.ClH/c1-14(19-3-2-4-20(24)22(19)25)27-23(30)28-17-6-8-18(9-7-17)33(31,32)13-15-5-10-21-16(11-15)12-26-29-21;/h2-12,14H,13H2,1H3,(H,26,29)(H2,27,28,30);1H/t14-;/m0./s1. The summed E-state index contributed by atoms with van der Waals surface area (Å²) in [6.07, 6.45) is 1.78. The SMILES string of the molecule is C[C@H](NC(=O)Nc1ccc(S(=O)(=O)Cc2ccc3[nH][nH+]cc3c2)cc1)c1cccc(Cl)c1Cl.[Cl-]. The molecule has 0 aliphatic carbocycles. The van der Waals surface area contributed by atoms with Crippen molar-refractivity contribution in [3.05, 3.63) is 88.0 Å². The van der Waals surface area contributed by atoms with E-state index in [4.69, 9.17) is 23.2 Å². The highest BCUT2D eigenvalue weighted by atomic mass is 35.5. The molecule has 1 heterocycles. The van der Waals surface area contributed by atoms with Crippen molar-refractivity contribution in [2.45, 2.75) is 23.6 Å². The first-order chi connectivity index (χ1) is 15.7. The Kier molecular flexibility index (Phi) is 8.09. The third-order valence-corrected chi connectivity index (χ3v) is 7.71. The number of carbonyl (C=O) groups is 1. The van der Waals surface area contributed by atoms with Crippen molar-refractivity contribution < 1.29 is 30.7 Å². The third kappa shape index (κ3) is 5.82. The molecule has 0 saturated heterocycles. The lowest BCUT2D eigenvalue weighted by atomic mass is 10.1. The summed E-state index contributed by atoms with van der Waals surface area (Å²) in [6.45, 7) is 1.79. The Labute approximate surface area is 213 Å². The summed E-state index contributed by atoms with van der Waals surface area (Å²) in [5.74, 6) is -0.126. The summed E-state index contributed by atoms with van der Waals surface area (Å²) in [4.78, 5) is 12.6. The summed E-state index contributed by atoms with van der Waals surface area (Å²) in [5, 5.41) is 13.0. The van der Waals surface area contributed by atoms with Crippen molar-refractivity contribution in [2.75, 3.05) is 5.32 Å². The lowest BCUT2D eigenvalue weighted by Crippen LogP contribution is -3.00. The van der Waals surface area contributed by atoms with Gasteiger partial charge in [0.15, 0.2) is 9.84 Å². The first kappa shape index (κ1) is 25.8. The average Bonchev–Trinajstić information content (AvgIpc) is 3.23. The van der Waals surface area contributed by atoms with Gasteiger partial charge in [-0.05, 0) is 60.5 Å². The van der Waals surface area contributed by atoms with Gasteiger partial charge in [-0.2, -0.15) is 5.10 Å². The predicted octanol–water partition coefficient (Wildman–Crippen LogP) is 2.15. The first-order valence-corrected chi connectivity index (χ1v) is 12.5. The topological polar surface area (TPSA) is 105 Å². The lowest BCUT2D eigenvalue weighted by molar-refractivity contribution is -0.446. The Morgan fingerprint density at radius 2 is 1.82 bits per heavy atom. The smallest absolute Gasteiger partial charge is 0.319 e. The molecular weight excluding hydrogens is 519 g/mol. The van der Waals surface area contributed by atoms with Crippen LogP contribution >= 0.6 is 23.2 Å². The molecule has 0 saturated carbocycles. The van der Waals surface area contributed by atoms with Crippen molar-refractivity contribution in [3.63, 3.8) is 0 Å². The van der Waals surface area contributed by atoms with Crippen LogP contribution in [-0.2, 0) is 15.6 Å². The number of halogens is 3. The molecule has 1 aromatic heterocycles. The summed E-state index contributed by atoms with van der Waals surface area (Å²) in [6, 6.07) is 15.9. The summed E-state index contributed by atoms with van der Waals surface area (Å²) in [7, 11) is -3.55. The number of aromatic amines is 2. The fourth-order valence-corrected chi connectivity index (χ4v) is 5.28. The van der Waals surface area contributed by atoms with Gasteiger partial charge in [0.1, 0.15) is 5.52 Å². The number of benzene rings is 3. The van der Waals surface area contributed by atoms with E-state index >= 15 is 0 Å². The minimum atomic E-state index is -3.55. The summed E-state index contributed by atoms with van der Waals surface area (Å²) < 4.78 is 25.7. The highest BCUT2D eigenvalue weighted by Gasteiger charge is 2.17. The maximum Gasteiger partial charge on any atom is 0.319 e. The van der Waals surface area contributed by atoms with Crippen molar-refractivity contribution in [1.29, 1.82) is 0 Å². The molecule has 34 heavy (non-hydrogen) atoms. The average molecular weight is 540 g/mol. The minimum absolute atomic E-state index is 0. The lowest BCUT2D eigenvalue weighted by Gasteiger charge is -2.17. The van der Waals surface area contributed by atoms with Crippen LogP contribution in [0, 0.1) is 0 Å². The predicted molar refractivity (Wildman–Crippen MR) is 129 cm³/mol. The Hall–Kier alpha value is -2.78. The number of hydrogen-bond donors (Lipinski definition) is 3. The maximum atomic E-state index is 12.8. The number of rotatable bonds is 6. The number of hydrogen-bond acceptors (Lipinski definition) is 3. The quantitative estimate of drug-likeness (QED) is 0.350. The van der Waals surface area contributed by atoms with Crippen LogP contribution in [0.3, 0.4) is 0 Å². The monoisotopic (exact) mass is 538 g/mol. The molecule has 0 fully saturated rings. The van der Waals surface area contributed by atoms with Gasteiger partial charge in [-0.15, -0.1) is 5.10 Å². The molecular formula is C23H21Cl3N4O3S. The van der Waals surface area contributed by atoms with Crippen molar-refractivity contribution in [2.24, 2.45) is 0 Å². The molecule has 0 bridgehead atoms. The largest absolute Gasteiger partial charge is 1.00 e. The van der Waals surface area contributed by atoms with Crippen LogP contribution in [0.25, 0.3) is 10.9 Å². The van der Waals surface area contributed by atoms with E-state index in [1.54, 1.807) is 49.5 Å². The number of aromatic nitrogens is 2. The number of anilines is 1. The number of amides is 2. The van der Waals surface area contributed by atoms with Gasteiger partial charge < -0.3 is 23.0 Å². The Morgan fingerprint density at radius 3 is 2.56 bits per heavy atom. The van der Waals surface area contributed by atoms with E-state index in [1.807, 2.05) is 12.1 Å². The van der Waals surface area contributed by atoms with Crippen molar-refractivity contribution in [3.8, 4) is 0 Å². The van der Waals surface area contributed by atoms with Gasteiger partial charge in [0, 0.05) is 5.69 Å². The zero-order valence-electron chi connectivity index (χ0n) is 17.9. The second kappa shape index (κ2) is 10.7. The van der Waals surface area contributed by atoms with E-state index in [9.17, 15) is 13.2 Å². The fourth-order valence-electron chi connectivity index (χ4n) is 3.47. The number of H-pyrrole nitrogens is 2. The molecule has 0 spiro atoms. The van der Waals surface area contributed by atoms with Crippen molar-refractivity contribution in [1.82, 2.24) is 10.4 Å². The van der Waals surface area contributed by atoms with Gasteiger partial charge in [-0.25, -0.2) is 13.2 Å². The maximum absolute atomic E-state index is 12.8. The van der Waals surface area contributed by atoms with Gasteiger partial charge in [0.05, 0.1) is 32.1 Å². The van der Waals surface area contributed by atoms with Gasteiger partial charge in [0.2, 0.25) is 6.20 Å². The van der Waals surface area contributed by atoms with E-state index in [-0.39, 0.29) is 29.1 Å². The zero-order valence-corrected chi connectivity index (χ0v) is 21.0. The molecule has 7 nitrogen and oxygen atoms in total. The van der Waals surface area contributed by atoms with Crippen molar-refractivity contribution >= 4 is 55.7 Å². The number of urea groups is 1. The van der Waals surface area contributed by atoms with Crippen LogP contribution in [-0.4, -0.2) is 19.5 Å². The van der Waals surface area contributed by atoms with Crippen LogP contribution in [0.2, 0.25) is 10.0 Å². The highest BCUT2D eigenvalue weighted by molar-refractivity contribution is 7.90. The fraction of sp³-hybridized carbons (Fsp3) is 0.130. The normalized spacial score (nSPS) is 12.1. The second-order valence-electron chi connectivity index (χ2n) is 7.58. The van der Waals surface area contributed by atoms with Crippen LogP contribution in [0.5, 0.6) is 0 Å². The molecule has 4 N–H and O–H groups in total. The molecule has 178 valence electrons. The summed E-state index contributed by atoms with van der Waals surface area (Å²) in [5.41, 5.74) is 2.74. The van der Waals surface area contributed by atoms with E-state index in [0.717, 1.165) is 10.9 Å². The van der Waals surface area contributed by atoms with Crippen LogP contribution < -0.4 is 28.1 Å². The molecule has 2 amide bonds. The Bertz CT molecular complexity index is 1420. The number of carbonyl (C=O) groups excluding carboxylic acids is 1. The molecule has 0 radical (unpaired) electrons. The van der Waals surface area contributed by atoms with Gasteiger partial charge in [-0.1, -0.05) is 41.4 Å². The molecule has 0 aliphatic rings. The highest BCUT2D eigenvalue weighted by Crippen LogP contribution is 2.29. The van der Waals surface area contributed by atoms with Crippen LogP contribution in [0.1, 0.15) is 24.1 Å². The van der Waals surface area contributed by atoms with E-state index in [2.05, 4.69) is 20.8 Å². The molecule has 3 aromatic carbocycles.